The molecule has 0 radical (unpaired) electrons. The summed E-state index contributed by atoms with van der Waals surface area (Å²) in [4.78, 5) is 71.5. The number of carbonyl (C=O) groups excluding carboxylic acids is 5. The Morgan fingerprint density at radius 2 is 1.68 bits per heavy atom. The lowest BCUT2D eigenvalue weighted by Crippen LogP contribution is -2.55. The highest BCUT2D eigenvalue weighted by Gasteiger charge is 2.30. The number of nitrogens with two attached hydrogens (primary N) is 1. The van der Waals surface area contributed by atoms with Gasteiger partial charge in [-0.2, -0.15) is 0 Å². The average Bonchev–Trinajstić information content (AvgIpc) is 3.18. The predicted molar refractivity (Wildman–Crippen MR) is 118 cm³/mol. The number of rotatable bonds is 14. The number of aliphatic carboxylic acids is 1. The van der Waals surface area contributed by atoms with Crippen molar-refractivity contribution in [3.8, 4) is 0 Å². The van der Waals surface area contributed by atoms with E-state index in [0.29, 0.717) is 0 Å². The van der Waals surface area contributed by atoms with Gasteiger partial charge in [0.05, 0.1) is 18.7 Å². The third-order valence-corrected chi connectivity index (χ3v) is 4.93. The molecule has 0 aromatic heterocycles. The summed E-state index contributed by atoms with van der Waals surface area (Å²) < 4.78 is 0. The Morgan fingerprint density at radius 3 is 2.21 bits per heavy atom. The molecule has 34 heavy (non-hydrogen) atoms. The maximum absolute atomic E-state index is 12.8. The highest BCUT2D eigenvalue weighted by Crippen LogP contribution is 2.07. The Morgan fingerprint density at radius 1 is 1.00 bits per heavy atom. The van der Waals surface area contributed by atoms with Crippen molar-refractivity contribution in [2.45, 2.75) is 63.8 Å². The van der Waals surface area contributed by atoms with Crippen molar-refractivity contribution in [2.24, 2.45) is 11.7 Å². The Kier molecular flexibility index (Phi) is 11.9. The van der Waals surface area contributed by atoms with E-state index in [2.05, 4.69) is 26.6 Å². The summed E-state index contributed by atoms with van der Waals surface area (Å²) >= 11 is 0. The van der Waals surface area contributed by atoms with E-state index in [1.165, 1.54) is 0 Å². The quantitative estimate of drug-likeness (QED) is 0.121. The van der Waals surface area contributed by atoms with Gasteiger partial charge in [-0.3, -0.25) is 28.8 Å². The highest BCUT2D eigenvalue weighted by molar-refractivity contribution is 5.94. The van der Waals surface area contributed by atoms with Gasteiger partial charge in [0.25, 0.3) is 0 Å². The number of primary amides is 1. The lowest BCUT2D eigenvalue weighted by atomic mass is 10.0. The Balaban J connectivity index is 2.76. The monoisotopic (exact) mass is 486 g/mol. The SMILES string of the molecule is CC(C)CC(NC(=O)C(CCC(N)=O)NC(=O)CNC(=O)C1C[C@@H](O)CN1)C(=O)NCC(=O)O. The van der Waals surface area contributed by atoms with Crippen molar-refractivity contribution in [3.63, 3.8) is 0 Å². The smallest absolute Gasteiger partial charge is 0.322 e. The second kappa shape index (κ2) is 14.1. The van der Waals surface area contributed by atoms with Gasteiger partial charge in [-0.05, 0) is 25.2 Å². The van der Waals surface area contributed by atoms with Gasteiger partial charge in [0.1, 0.15) is 18.6 Å². The Labute approximate surface area is 196 Å². The van der Waals surface area contributed by atoms with Crippen molar-refractivity contribution in [1.29, 1.82) is 0 Å². The molecule has 1 saturated heterocycles. The molecule has 14 nitrogen and oxygen atoms in total. The number of aliphatic hydroxyl groups is 1. The van der Waals surface area contributed by atoms with E-state index in [4.69, 9.17) is 10.8 Å². The van der Waals surface area contributed by atoms with Crippen molar-refractivity contribution in [2.75, 3.05) is 19.6 Å². The van der Waals surface area contributed by atoms with Crippen molar-refractivity contribution in [1.82, 2.24) is 26.6 Å². The predicted octanol–water partition coefficient (Wildman–Crippen LogP) is -3.69. The van der Waals surface area contributed by atoms with Crippen LogP contribution in [0.2, 0.25) is 0 Å². The largest absolute Gasteiger partial charge is 0.480 e. The maximum Gasteiger partial charge on any atom is 0.322 e. The van der Waals surface area contributed by atoms with Crippen LogP contribution >= 0.6 is 0 Å². The van der Waals surface area contributed by atoms with Gasteiger partial charge in [0.15, 0.2) is 0 Å². The number of β-amino-alcohol motifs (C(OH)–C–C–N with tert-alkyl or cyclic N) is 1. The lowest BCUT2D eigenvalue weighted by molar-refractivity contribution is -0.138. The number of amides is 5. The normalized spacial score (nSPS) is 19.1. The van der Waals surface area contributed by atoms with E-state index >= 15 is 0 Å². The summed E-state index contributed by atoms with van der Waals surface area (Å²) in [5, 5.41) is 30.5. The molecular formula is C20H34N6O8. The first-order chi connectivity index (χ1) is 15.9. The summed E-state index contributed by atoms with van der Waals surface area (Å²) in [6, 6.07) is -2.94. The Hall–Kier alpha value is -3.26. The van der Waals surface area contributed by atoms with Gasteiger partial charge in [0.2, 0.25) is 29.5 Å². The van der Waals surface area contributed by atoms with Crippen LogP contribution in [0.5, 0.6) is 0 Å². The van der Waals surface area contributed by atoms with Gasteiger partial charge in [-0.25, -0.2) is 0 Å². The topological polar surface area (TPSA) is 229 Å². The fourth-order valence-electron chi connectivity index (χ4n) is 3.27. The third-order valence-electron chi connectivity index (χ3n) is 4.93. The number of nitrogens with one attached hydrogen (secondary N) is 5. The first-order valence-electron chi connectivity index (χ1n) is 11.0. The van der Waals surface area contributed by atoms with Crippen LogP contribution in [0.15, 0.2) is 0 Å². The van der Waals surface area contributed by atoms with E-state index in [-0.39, 0.29) is 38.1 Å². The molecule has 3 unspecified atom stereocenters. The number of carboxylic acids is 1. The van der Waals surface area contributed by atoms with E-state index in [0.717, 1.165) is 0 Å². The lowest BCUT2D eigenvalue weighted by Gasteiger charge is -2.24. The Bertz CT molecular complexity index is 774. The minimum atomic E-state index is -1.25. The van der Waals surface area contributed by atoms with Gasteiger partial charge >= 0.3 is 5.97 Å². The number of aliphatic hydroxyl groups excluding tert-OH is 1. The molecule has 0 saturated carbocycles. The van der Waals surface area contributed by atoms with Crippen molar-refractivity contribution in [3.05, 3.63) is 0 Å². The summed E-state index contributed by atoms with van der Waals surface area (Å²) in [7, 11) is 0. The first kappa shape index (κ1) is 28.8. The molecular weight excluding hydrogens is 452 g/mol. The fraction of sp³-hybridized carbons (Fsp3) is 0.700. The number of hydrogen-bond donors (Lipinski definition) is 8. The molecule has 1 aliphatic heterocycles. The zero-order valence-electron chi connectivity index (χ0n) is 19.3. The molecule has 1 heterocycles. The molecule has 192 valence electrons. The number of hydrogen-bond acceptors (Lipinski definition) is 8. The molecule has 0 bridgehead atoms. The van der Waals surface area contributed by atoms with E-state index in [1.54, 1.807) is 13.8 Å². The second-order valence-electron chi connectivity index (χ2n) is 8.50. The van der Waals surface area contributed by atoms with Crippen molar-refractivity contribution >= 4 is 35.5 Å². The standard InChI is InChI=1S/C20H34N6O8/c1-10(2)5-14(19(33)24-9-17(30)31)26-20(34)12(3-4-15(21)28)25-16(29)8-23-18(32)13-6-11(27)7-22-13/h10-14,22,27H,3-9H2,1-2H3,(H2,21,28)(H,23,32)(H,24,33)(H,25,29)(H,26,34)(H,30,31)/t11-,12?,13?,14?/m1/s1. The number of carbonyl (C=O) groups is 6. The van der Waals surface area contributed by atoms with Gasteiger partial charge in [-0.1, -0.05) is 13.8 Å². The minimum Gasteiger partial charge on any atom is -0.480 e. The minimum absolute atomic E-state index is 0.0301. The fourth-order valence-corrected chi connectivity index (χ4v) is 3.27. The van der Waals surface area contributed by atoms with Crippen LogP contribution in [0.3, 0.4) is 0 Å². The van der Waals surface area contributed by atoms with Crippen LogP contribution in [0, 0.1) is 5.92 Å². The zero-order chi connectivity index (χ0) is 25.8. The highest BCUT2D eigenvalue weighted by atomic mass is 16.4. The molecule has 1 fully saturated rings. The van der Waals surface area contributed by atoms with Crippen LogP contribution in [0.25, 0.3) is 0 Å². The van der Waals surface area contributed by atoms with Gasteiger partial charge in [-0.15, -0.1) is 0 Å². The average molecular weight is 487 g/mol. The van der Waals surface area contributed by atoms with E-state index in [9.17, 15) is 33.9 Å². The second-order valence-corrected chi connectivity index (χ2v) is 8.50. The molecule has 1 rings (SSSR count). The maximum atomic E-state index is 12.8. The van der Waals surface area contributed by atoms with Gasteiger partial charge in [0, 0.05) is 13.0 Å². The third kappa shape index (κ3) is 11.0. The number of carboxylic acid groups (broad SMARTS) is 1. The van der Waals surface area contributed by atoms with Crippen LogP contribution in [0.4, 0.5) is 0 Å². The van der Waals surface area contributed by atoms with Crippen LogP contribution < -0.4 is 32.3 Å². The summed E-state index contributed by atoms with van der Waals surface area (Å²) in [5.74, 6) is -4.66. The molecule has 1 aliphatic rings. The molecule has 9 N–H and O–H groups in total. The van der Waals surface area contributed by atoms with Gasteiger partial charge < -0.3 is 42.5 Å². The van der Waals surface area contributed by atoms with Crippen LogP contribution in [0.1, 0.15) is 39.5 Å². The molecule has 4 atom stereocenters. The van der Waals surface area contributed by atoms with E-state index in [1.807, 2.05) is 0 Å². The van der Waals surface area contributed by atoms with Crippen LogP contribution in [-0.2, 0) is 28.8 Å². The molecule has 5 amide bonds. The molecule has 0 aliphatic carbocycles. The van der Waals surface area contributed by atoms with Crippen molar-refractivity contribution < 1.29 is 39.0 Å². The van der Waals surface area contributed by atoms with Crippen LogP contribution in [-0.4, -0.2) is 89.6 Å². The van der Waals surface area contributed by atoms with E-state index < -0.39 is 72.8 Å². The molecule has 0 aromatic rings. The molecule has 0 spiro atoms. The summed E-state index contributed by atoms with van der Waals surface area (Å²) in [6.45, 7) is 2.78. The zero-order valence-corrected chi connectivity index (χ0v) is 19.3. The molecule has 0 aromatic carbocycles. The summed E-state index contributed by atoms with van der Waals surface area (Å²) in [6.07, 6.45) is -0.628. The first-order valence-corrected chi connectivity index (χ1v) is 11.0. The summed E-state index contributed by atoms with van der Waals surface area (Å²) in [5.41, 5.74) is 5.15. The molecule has 14 heteroatoms.